The zero-order valence-corrected chi connectivity index (χ0v) is 11.5. The van der Waals surface area contributed by atoms with Crippen LogP contribution in [0.2, 0.25) is 0 Å². The molecule has 2 rings (SSSR count). The van der Waals surface area contributed by atoms with E-state index in [-0.39, 0.29) is 11.8 Å². The number of nitrogens with zero attached hydrogens (tertiary/aromatic N) is 4. The van der Waals surface area contributed by atoms with E-state index in [1.807, 2.05) is 6.07 Å². The molecule has 0 aliphatic heterocycles. The first-order chi connectivity index (χ1) is 9.90. The first kappa shape index (κ1) is 15.0. The Morgan fingerprint density at radius 1 is 1.24 bits per heavy atom. The number of anilines is 2. The maximum atomic E-state index is 12.8. The summed E-state index contributed by atoms with van der Waals surface area (Å²) >= 11 is 0. The summed E-state index contributed by atoms with van der Waals surface area (Å²) < 4.78 is 38.5. The van der Waals surface area contributed by atoms with Crippen molar-refractivity contribution < 1.29 is 13.2 Å². The maximum Gasteiger partial charge on any atom is 0.433 e. The monoisotopic (exact) mass is 297 g/mol. The molecule has 21 heavy (non-hydrogen) atoms. The molecule has 0 aliphatic rings. The predicted octanol–water partition coefficient (Wildman–Crippen LogP) is 2.57. The smallest absolute Gasteiger partial charge is 0.357 e. The van der Waals surface area contributed by atoms with E-state index in [0.29, 0.717) is 6.54 Å². The van der Waals surface area contributed by atoms with Gasteiger partial charge in [-0.15, -0.1) is 0 Å². The fourth-order valence-electron chi connectivity index (χ4n) is 1.70. The Balaban J connectivity index is 2.30. The van der Waals surface area contributed by atoms with Gasteiger partial charge in [0.1, 0.15) is 5.82 Å². The number of rotatable bonds is 4. The summed E-state index contributed by atoms with van der Waals surface area (Å²) in [7, 11) is 3.12. The van der Waals surface area contributed by atoms with Crippen LogP contribution < -0.4 is 10.2 Å². The molecule has 8 heteroatoms. The molecule has 2 heterocycles. The second kappa shape index (κ2) is 5.94. The SMILES string of the molecule is CNc1nc(N(C)Cc2ccccn2)cc(C(F)(F)F)n1. The van der Waals surface area contributed by atoms with Gasteiger partial charge < -0.3 is 10.2 Å². The third-order valence-corrected chi connectivity index (χ3v) is 2.74. The molecule has 2 aromatic heterocycles. The first-order valence-electron chi connectivity index (χ1n) is 6.15. The molecular weight excluding hydrogens is 283 g/mol. The summed E-state index contributed by atoms with van der Waals surface area (Å²) in [5.41, 5.74) is -0.247. The molecule has 0 aliphatic carbocycles. The highest BCUT2D eigenvalue weighted by atomic mass is 19.4. The summed E-state index contributed by atoms with van der Waals surface area (Å²) in [5.74, 6) is 0.0972. The Morgan fingerprint density at radius 3 is 2.57 bits per heavy atom. The van der Waals surface area contributed by atoms with Crippen LogP contribution in [0, 0.1) is 0 Å². The fraction of sp³-hybridized carbons (Fsp3) is 0.308. The molecule has 0 unspecified atom stereocenters. The van der Waals surface area contributed by atoms with Gasteiger partial charge in [-0.1, -0.05) is 6.07 Å². The van der Waals surface area contributed by atoms with Crippen LogP contribution in [-0.4, -0.2) is 29.0 Å². The van der Waals surface area contributed by atoms with E-state index in [0.717, 1.165) is 11.8 Å². The Morgan fingerprint density at radius 2 is 2.00 bits per heavy atom. The molecule has 0 saturated carbocycles. The molecule has 112 valence electrons. The van der Waals surface area contributed by atoms with Crippen LogP contribution in [0.25, 0.3) is 0 Å². The predicted molar refractivity (Wildman–Crippen MR) is 72.9 cm³/mol. The average Bonchev–Trinajstić information content (AvgIpc) is 2.46. The molecule has 0 bridgehead atoms. The minimum atomic E-state index is -4.52. The van der Waals surface area contributed by atoms with Crippen molar-refractivity contribution in [1.82, 2.24) is 15.0 Å². The van der Waals surface area contributed by atoms with Crippen molar-refractivity contribution in [2.45, 2.75) is 12.7 Å². The Labute approximate surface area is 119 Å². The number of hydrogen-bond donors (Lipinski definition) is 1. The average molecular weight is 297 g/mol. The van der Waals surface area contributed by atoms with Gasteiger partial charge >= 0.3 is 6.18 Å². The lowest BCUT2D eigenvalue weighted by Crippen LogP contribution is -2.21. The van der Waals surface area contributed by atoms with Crippen molar-refractivity contribution in [2.24, 2.45) is 0 Å². The van der Waals surface area contributed by atoms with Crippen LogP contribution in [0.3, 0.4) is 0 Å². The quantitative estimate of drug-likeness (QED) is 0.940. The molecule has 0 aromatic carbocycles. The molecule has 0 amide bonds. The van der Waals surface area contributed by atoms with Gasteiger partial charge in [-0.05, 0) is 12.1 Å². The zero-order valence-electron chi connectivity index (χ0n) is 11.5. The number of nitrogens with one attached hydrogen (secondary N) is 1. The van der Waals surface area contributed by atoms with Crippen LogP contribution >= 0.6 is 0 Å². The molecule has 0 spiro atoms. The summed E-state index contributed by atoms with van der Waals surface area (Å²) in [4.78, 5) is 13.2. The van der Waals surface area contributed by atoms with E-state index in [9.17, 15) is 13.2 Å². The molecule has 2 aromatic rings. The second-order valence-electron chi connectivity index (χ2n) is 4.36. The summed E-state index contributed by atoms with van der Waals surface area (Å²) in [5, 5.41) is 2.53. The highest BCUT2D eigenvalue weighted by Gasteiger charge is 2.34. The summed E-state index contributed by atoms with van der Waals surface area (Å²) in [6.45, 7) is 0.346. The van der Waals surface area contributed by atoms with Gasteiger partial charge in [0.25, 0.3) is 0 Å². The molecular formula is C13H14F3N5. The van der Waals surface area contributed by atoms with E-state index in [1.54, 1.807) is 30.3 Å². The summed E-state index contributed by atoms with van der Waals surface area (Å²) in [6, 6.07) is 6.30. The highest BCUT2D eigenvalue weighted by molar-refractivity contribution is 5.45. The van der Waals surface area contributed by atoms with Crippen molar-refractivity contribution in [3.63, 3.8) is 0 Å². The molecule has 5 nitrogen and oxygen atoms in total. The highest BCUT2D eigenvalue weighted by Crippen LogP contribution is 2.30. The van der Waals surface area contributed by atoms with E-state index >= 15 is 0 Å². The van der Waals surface area contributed by atoms with Crippen LogP contribution in [0.5, 0.6) is 0 Å². The Bertz CT molecular complexity index is 601. The first-order valence-corrected chi connectivity index (χ1v) is 6.15. The molecule has 0 saturated heterocycles. The largest absolute Gasteiger partial charge is 0.433 e. The van der Waals surface area contributed by atoms with Crippen LogP contribution in [-0.2, 0) is 12.7 Å². The van der Waals surface area contributed by atoms with E-state index in [1.165, 1.54) is 7.05 Å². The van der Waals surface area contributed by atoms with E-state index in [4.69, 9.17) is 0 Å². The van der Waals surface area contributed by atoms with Crippen LogP contribution in [0.4, 0.5) is 24.9 Å². The number of hydrogen-bond acceptors (Lipinski definition) is 5. The Kier molecular flexibility index (Phi) is 4.25. The minimum Gasteiger partial charge on any atom is -0.357 e. The minimum absolute atomic E-state index is 0.0762. The third-order valence-electron chi connectivity index (χ3n) is 2.74. The molecule has 0 fully saturated rings. The van der Waals surface area contributed by atoms with Gasteiger partial charge in [-0.3, -0.25) is 4.98 Å². The van der Waals surface area contributed by atoms with Crippen LogP contribution in [0.1, 0.15) is 11.4 Å². The van der Waals surface area contributed by atoms with Gasteiger partial charge in [0.05, 0.1) is 12.2 Å². The molecule has 0 radical (unpaired) electrons. The number of alkyl halides is 3. The normalized spacial score (nSPS) is 11.3. The van der Waals surface area contributed by atoms with E-state index in [2.05, 4.69) is 20.3 Å². The number of pyridine rings is 1. The number of aromatic nitrogens is 3. The van der Waals surface area contributed by atoms with Crippen molar-refractivity contribution in [3.05, 3.63) is 41.9 Å². The van der Waals surface area contributed by atoms with Crippen molar-refractivity contribution in [2.75, 3.05) is 24.3 Å². The van der Waals surface area contributed by atoms with Crippen molar-refractivity contribution >= 4 is 11.8 Å². The number of halogens is 3. The van der Waals surface area contributed by atoms with Crippen molar-refractivity contribution in [1.29, 1.82) is 0 Å². The standard InChI is InChI=1S/C13H14F3N5/c1-17-12-19-10(13(14,15)16)7-11(20-12)21(2)8-9-5-3-4-6-18-9/h3-7H,8H2,1-2H3,(H,17,19,20). The van der Waals surface area contributed by atoms with Crippen molar-refractivity contribution in [3.8, 4) is 0 Å². The maximum absolute atomic E-state index is 12.8. The lowest BCUT2D eigenvalue weighted by Gasteiger charge is -2.19. The summed E-state index contributed by atoms with van der Waals surface area (Å²) in [6.07, 6.45) is -2.89. The van der Waals surface area contributed by atoms with Gasteiger partial charge in [0.2, 0.25) is 5.95 Å². The lowest BCUT2D eigenvalue weighted by atomic mass is 10.3. The van der Waals surface area contributed by atoms with Gasteiger partial charge in [-0.25, -0.2) is 4.98 Å². The van der Waals surface area contributed by atoms with Gasteiger partial charge in [-0.2, -0.15) is 18.2 Å². The lowest BCUT2D eigenvalue weighted by molar-refractivity contribution is -0.141. The zero-order chi connectivity index (χ0) is 15.5. The van der Waals surface area contributed by atoms with Crippen LogP contribution in [0.15, 0.2) is 30.5 Å². The Hall–Kier alpha value is -2.38. The van der Waals surface area contributed by atoms with E-state index < -0.39 is 11.9 Å². The van der Waals surface area contributed by atoms with Gasteiger partial charge in [0, 0.05) is 26.4 Å². The molecule has 1 N–H and O–H groups in total. The second-order valence-corrected chi connectivity index (χ2v) is 4.36. The fourth-order valence-corrected chi connectivity index (χ4v) is 1.70. The third kappa shape index (κ3) is 3.80. The topological polar surface area (TPSA) is 53.9 Å². The molecule has 0 atom stereocenters. The van der Waals surface area contributed by atoms with Gasteiger partial charge in [0.15, 0.2) is 5.69 Å².